The largest absolute Gasteiger partial charge is 0.300 e. The average Bonchev–Trinajstić information content (AvgIpc) is 3.19. The van der Waals surface area contributed by atoms with Gasteiger partial charge in [0.15, 0.2) is 5.13 Å². The normalized spacial score (nSPS) is 10.8. The lowest BCUT2D eigenvalue weighted by molar-refractivity contribution is -0.385. The third-order valence-corrected chi connectivity index (χ3v) is 5.27. The summed E-state index contributed by atoms with van der Waals surface area (Å²) in [5.41, 5.74) is 2.06. The Hall–Kier alpha value is -3.92. The lowest BCUT2D eigenvalue weighted by Crippen LogP contribution is -2.22. The van der Waals surface area contributed by atoms with Crippen molar-refractivity contribution < 1.29 is 9.72 Å². The predicted molar refractivity (Wildman–Crippen MR) is 114 cm³/mol. The molecule has 1 N–H and O–H groups in total. The lowest BCUT2D eigenvalue weighted by atomic mass is 10.1. The lowest BCUT2D eigenvalue weighted by Gasteiger charge is -2.08. The van der Waals surface area contributed by atoms with Crippen LogP contribution in [0.5, 0.6) is 0 Å². The number of nitro groups is 1. The molecule has 0 fully saturated rings. The number of nitro benzene ring substituents is 1. The fourth-order valence-electron chi connectivity index (χ4n) is 3.01. The standard InChI is InChI=1S/C20H15N5O4S/c1-12-6-7-13(8-17(12)25(28)29)15-11-30-20(22-15)23-19(27)10-24-16-5-3-2-4-14(16)18(26)9-21-24/h2-9,11H,10H2,1H3,(H,22,23,27). The van der Waals surface area contributed by atoms with E-state index in [0.717, 1.165) is 0 Å². The smallest absolute Gasteiger partial charge is 0.272 e. The molecule has 30 heavy (non-hydrogen) atoms. The SMILES string of the molecule is Cc1ccc(-c2csc(NC(=O)Cn3ncc(=O)c4ccccc43)n2)cc1[N+](=O)[O-]. The van der Waals surface area contributed by atoms with E-state index < -0.39 is 4.92 Å². The third kappa shape index (κ3) is 3.80. The molecule has 0 aliphatic rings. The number of carbonyl (C=O) groups excluding carboxylic acids is 1. The number of amides is 1. The molecule has 0 radical (unpaired) electrons. The molecule has 0 saturated heterocycles. The highest BCUT2D eigenvalue weighted by atomic mass is 32.1. The Morgan fingerprint density at radius 1 is 1.27 bits per heavy atom. The molecule has 0 unspecified atom stereocenters. The minimum Gasteiger partial charge on any atom is -0.300 e. The zero-order valence-corrected chi connectivity index (χ0v) is 16.5. The number of hydrogen-bond donors (Lipinski definition) is 1. The van der Waals surface area contributed by atoms with Gasteiger partial charge in [0.25, 0.3) is 5.69 Å². The molecular weight excluding hydrogens is 406 g/mol. The third-order valence-electron chi connectivity index (χ3n) is 4.51. The maximum Gasteiger partial charge on any atom is 0.272 e. The Morgan fingerprint density at radius 2 is 2.07 bits per heavy atom. The molecule has 9 nitrogen and oxygen atoms in total. The maximum absolute atomic E-state index is 12.5. The topological polar surface area (TPSA) is 120 Å². The molecule has 0 aliphatic heterocycles. The number of fused-ring (bicyclic) bond motifs is 1. The molecule has 0 bridgehead atoms. The number of thiazole rings is 1. The number of aryl methyl sites for hydroxylation is 1. The summed E-state index contributed by atoms with van der Waals surface area (Å²) < 4.78 is 1.45. The van der Waals surface area contributed by atoms with Crippen molar-refractivity contribution in [2.24, 2.45) is 0 Å². The summed E-state index contributed by atoms with van der Waals surface area (Å²) in [5.74, 6) is -0.355. The second kappa shape index (κ2) is 7.84. The van der Waals surface area contributed by atoms with Crippen LogP contribution in [-0.4, -0.2) is 25.6 Å². The molecule has 0 atom stereocenters. The first-order valence-electron chi connectivity index (χ1n) is 8.88. The number of anilines is 1. The van der Waals surface area contributed by atoms with Gasteiger partial charge in [0.2, 0.25) is 11.3 Å². The van der Waals surface area contributed by atoms with Gasteiger partial charge in [0.05, 0.1) is 22.3 Å². The number of aromatic nitrogens is 3. The summed E-state index contributed by atoms with van der Waals surface area (Å²) in [6, 6.07) is 11.8. The van der Waals surface area contributed by atoms with Crippen LogP contribution < -0.4 is 10.7 Å². The summed E-state index contributed by atoms with van der Waals surface area (Å²) in [5, 5.41) is 20.5. The van der Waals surface area contributed by atoms with Gasteiger partial charge in [-0.05, 0) is 19.1 Å². The Morgan fingerprint density at radius 3 is 2.87 bits per heavy atom. The van der Waals surface area contributed by atoms with Gasteiger partial charge < -0.3 is 5.32 Å². The fourth-order valence-corrected chi connectivity index (χ4v) is 3.75. The number of carbonyl (C=O) groups is 1. The van der Waals surface area contributed by atoms with E-state index in [1.165, 1.54) is 28.3 Å². The van der Waals surface area contributed by atoms with Gasteiger partial charge in [-0.3, -0.25) is 24.4 Å². The van der Waals surface area contributed by atoms with Crippen molar-refractivity contribution in [1.82, 2.24) is 14.8 Å². The first-order valence-corrected chi connectivity index (χ1v) is 9.76. The molecule has 0 saturated carbocycles. The molecule has 2 aromatic heterocycles. The van der Waals surface area contributed by atoms with Crippen LogP contribution in [0.2, 0.25) is 0 Å². The summed E-state index contributed by atoms with van der Waals surface area (Å²) >= 11 is 1.22. The van der Waals surface area contributed by atoms with E-state index in [1.54, 1.807) is 48.7 Å². The van der Waals surface area contributed by atoms with Crippen molar-refractivity contribution in [1.29, 1.82) is 0 Å². The molecule has 2 aromatic carbocycles. The Bertz CT molecular complexity index is 1340. The van der Waals surface area contributed by atoms with Gasteiger partial charge in [-0.2, -0.15) is 5.10 Å². The van der Waals surface area contributed by atoms with E-state index in [0.29, 0.717) is 32.9 Å². The van der Waals surface area contributed by atoms with Gasteiger partial charge >= 0.3 is 0 Å². The van der Waals surface area contributed by atoms with Crippen molar-refractivity contribution in [2.75, 3.05) is 5.32 Å². The number of rotatable bonds is 5. The average molecular weight is 421 g/mol. The van der Waals surface area contributed by atoms with Crippen LogP contribution >= 0.6 is 11.3 Å². The van der Waals surface area contributed by atoms with Crippen LogP contribution in [0.15, 0.2) is 58.8 Å². The van der Waals surface area contributed by atoms with Crippen molar-refractivity contribution in [3.8, 4) is 11.3 Å². The van der Waals surface area contributed by atoms with Gasteiger partial charge in [-0.15, -0.1) is 11.3 Å². The zero-order valence-electron chi connectivity index (χ0n) is 15.7. The molecule has 2 heterocycles. The summed E-state index contributed by atoms with van der Waals surface area (Å²) in [6.07, 6.45) is 1.18. The van der Waals surface area contributed by atoms with E-state index >= 15 is 0 Å². The number of nitrogens with zero attached hydrogens (tertiary/aromatic N) is 4. The van der Waals surface area contributed by atoms with E-state index in [-0.39, 0.29) is 23.6 Å². The minimum atomic E-state index is -0.435. The van der Waals surface area contributed by atoms with Crippen LogP contribution in [0.1, 0.15) is 5.56 Å². The second-order valence-electron chi connectivity index (χ2n) is 6.53. The molecule has 4 aromatic rings. The van der Waals surface area contributed by atoms with Crippen molar-refractivity contribution in [3.63, 3.8) is 0 Å². The van der Waals surface area contributed by atoms with Gasteiger partial charge in [-0.1, -0.05) is 24.3 Å². The monoisotopic (exact) mass is 421 g/mol. The van der Waals surface area contributed by atoms with Gasteiger partial charge in [0, 0.05) is 28.0 Å². The van der Waals surface area contributed by atoms with Crippen LogP contribution in [-0.2, 0) is 11.3 Å². The van der Waals surface area contributed by atoms with Gasteiger partial charge in [0.1, 0.15) is 6.54 Å². The molecule has 0 aliphatic carbocycles. The molecule has 10 heteroatoms. The summed E-state index contributed by atoms with van der Waals surface area (Å²) in [6.45, 7) is 1.58. The number of nitrogens with one attached hydrogen (secondary N) is 1. The fraction of sp³-hybridized carbons (Fsp3) is 0.100. The van der Waals surface area contributed by atoms with E-state index in [2.05, 4.69) is 15.4 Å². The van der Waals surface area contributed by atoms with E-state index in [4.69, 9.17) is 0 Å². The van der Waals surface area contributed by atoms with Gasteiger partial charge in [-0.25, -0.2) is 4.98 Å². The van der Waals surface area contributed by atoms with Crippen molar-refractivity contribution >= 4 is 39.0 Å². The first-order chi connectivity index (χ1) is 14.4. The Kier molecular flexibility index (Phi) is 5.07. The number of benzene rings is 2. The molecule has 1 amide bonds. The number of para-hydroxylation sites is 1. The quantitative estimate of drug-likeness (QED) is 0.390. The Labute approximate surface area is 173 Å². The minimum absolute atomic E-state index is 0.0160. The summed E-state index contributed by atoms with van der Waals surface area (Å²) in [4.78, 5) is 39.4. The highest BCUT2D eigenvalue weighted by Gasteiger charge is 2.15. The molecule has 4 rings (SSSR count). The van der Waals surface area contributed by atoms with E-state index in [9.17, 15) is 19.7 Å². The van der Waals surface area contributed by atoms with Crippen molar-refractivity contribution in [3.05, 3.63) is 79.9 Å². The van der Waals surface area contributed by atoms with Crippen LogP contribution in [0.3, 0.4) is 0 Å². The zero-order chi connectivity index (χ0) is 21.3. The van der Waals surface area contributed by atoms with Crippen LogP contribution in [0, 0.1) is 17.0 Å². The predicted octanol–water partition coefficient (Wildman–Crippen LogP) is 3.38. The van der Waals surface area contributed by atoms with Crippen LogP contribution in [0.4, 0.5) is 10.8 Å². The molecular formula is C20H15N5O4S. The molecule has 150 valence electrons. The van der Waals surface area contributed by atoms with Crippen LogP contribution in [0.25, 0.3) is 22.2 Å². The highest BCUT2D eigenvalue weighted by Crippen LogP contribution is 2.29. The number of hydrogen-bond acceptors (Lipinski definition) is 7. The van der Waals surface area contributed by atoms with Crippen molar-refractivity contribution in [2.45, 2.75) is 13.5 Å². The molecule has 0 spiro atoms. The second-order valence-corrected chi connectivity index (χ2v) is 7.39. The maximum atomic E-state index is 12.5. The van der Waals surface area contributed by atoms with E-state index in [1.807, 2.05) is 0 Å². The Balaban J connectivity index is 1.53. The first kappa shape index (κ1) is 19.4. The summed E-state index contributed by atoms with van der Waals surface area (Å²) in [7, 11) is 0. The highest BCUT2D eigenvalue weighted by molar-refractivity contribution is 7.14.